The van der Waals surface area contributed by atoms with Crippen LogP contribution < -0.4 is 4.74 Å². The first-order valence-corrected chi connectivity index (χ1v) is 10.4. The van der Waals surface area contributed by atoms with Crippen molar-refractivity contribution < 1.29 is 24.2 Å². The van der Waals surface area contributed by atoms with Crippen molar-refractivity contribution in [3.63, 3.8) is 0 Å². The van der Waals surface area contributed by atoms with E-state index in [1.165, 1.54) is 11.3 Å². The molecule has 3 rings (SSSR count). The molecule has 1 heterocycles. The molecule has 1 saturated carbocycles. The molecule has 0 spiro atoms. The number of halogens is 1. The second kappa shape index (κ2) is 8.93. The standard InChI is InChI=1S/C19H20BrNO5S/c20-14-6-7-15(26-11-17(22)23)13(8-14)9-16-18(24)21(19(25)27-16)10-12-4-2-1-3-5-12/h6-9,12H,1-5,10-11H2,(H,22,23)/b16-9+. The minimum absolute atomic E-state index is 0.250. The summed E-state index contributed by atoms with van der Waals surface area (Å²) >= 11 is 4.28. The molecule has 8 heteroatoms. The number of imide groups is 1. The average molecular weight is 454 g/mol. The Kier molecular flexibility index (Phi) is 6.59. The fraction of sp³-hybridized carbons (Fsp3) is 0.421. The zero-order chi connectivity index (χ0) is 19.4. The fourth-order valence-electron chi connectivity index (χ4n) is 3.33. The van der Waals surface area contributed by atoms with E-state index in [1.54, 1.807) is 24.3 Å². The lowest BCUT2D eigenvalue weighted by Gasteiger charge is -2.25. The normalized spacial score (nSPS) is 19.7. The molecule has 2 aliphatic rings. The second-order valence-electron chi connectivity index (χ2n) is 6.66. The molecular weight excluding hydrogens is 434 g/mol. The van der Waals surface area contributed by atoms with Crippen LogP contribution in [0.4, 0.5) is 4.79 Å². The molecule has 0 unspecified atom stereocenters. The first kappa shape index (κ1) is 19.9. The smallest absolute Gasteiger partial charge is 0.341 e. The Morgan fingerprint density at radius 3 is 2.74 bits per heavy atom. The molecule has 0 radical (unpaired) electrons. The number of hydrogen-bond acceptors (Lipinski definition) is 5. The Labute approximate surface area is 170 Å². The topological polar surface area (TPSA) is 83.9 Å². The van der Waals surface area contributed by atoms with Gasteiger partial charge < -0.3 is 9.84 Å². The lowest BCUT2D eigenvalue weighted by Crippen LogP contribution is -2.34. The highest BCUT2D eigenvalue weighted by Crippen LogP contribution is 2.36. The molecule has 6 nitrogen and oxygen atoms in total. The van der Waals surface area contributed by atoms with Crippen molar-refractivity contribution in [2.75, 3.05) is 13.2 Å². The van der Waals surface area contributed by atoms with Crippen LogP contribution in [-0.2, 0) is 9.59 Å². The average Bonchev–Trinajstić information content (AvgIpc) is 2.89. The van der Waals surface area contributed by atoms with E-state index in [0.29, 0.717) is 28.7 Å². The highest BCUT2D eigenvalue weighted by atomic mass is 79.9. The molecular formula is C19H20BrNO5S. The highest BCUT2D eigenvalue weighted by molar-refractivity contribution is 9.10. The second-order valence-corrected chi connectivity index (χ2v) is 8.57. The van der Waals surface area contributed by atoms with Crippen molar-refractivity contribution in [1.82, 2.24) is 4.90 Å². The van der Waals surface area contributed by atoms with Crippen molar-refractivity contribution in [3.05, 3.63) is 33.1 Å². The van der Waals surface area contributed by atoms with E-state index in [2.05, 4.69) is 15.9 Å². The molecule has 2 fully saturated rings. The Morgan fingerprint density at radius 2 is 2.04 bits per heavy atom. The van der Waals surface area contributed by atoms with E-state index in [4.69, 9.17) is 9.84 Å². The number of carbonyl (C=O) groups is 3. The maximum absolute atomic E-state index is 12.7. The molecule has 27 heavy (non-hydrogen) atoms. The van der Waals surface area contributed by atoms with Crippen molar-refractivity contribution >= 4 is 50.9 Å². The molecule has 1 aliphatic heterocycles. The summed E-state index contributed by atoms with van der Waals surface area (Å²) in [7, 11) is 0. The number of rotatable bonds is 6. The van der Waals surface area contributed by atoms with E-state index < -0.39 is 12.6 Å². The number of nitrogens with zero attached hydrogens (tertiary/aromatic N) is 1. The Balaban J connectivity index is 1.78. The summed E-state index contributed by atoms with van der Waals surface area (Å²) < 4.78 is 6.05. The van der Waals surface area contributed by atoms with Gasteiger partial charge in [-0.05, 0) is 54.8 Å². The summed E-state index contributed by atoms with van der Waals surface area (Å²) in [5.41, 5.74) is 0.550. The third kappa shape index (κ3) is 5.13. The molecule has 1 aromatic carbocycles. The number of carboxylic acid groups (broad SMARTS) is 1. The van der Waals surface area contributed by atoms with Crippen molar-refractivity contribution in [1.29, 1.82) is 0 Å². The van der Waals surface area contributed by atoms with Crippen molar-refractivity contribution in [3.8, 4) is 5.75 Å². The van der Waals surface area contributed by atoms with Crippen LogP contribution in [0.2, 0.25) is 0 Å². The van der Waals surface area contributed by atoms with Gasteiger partial charge in [0.05, 0.1) is 4.91 Å². The molecule has 1 aliphatic carbocycles. The van der Waals surface area contributed by atoms with Crippen molar-refractivity contribution in [2.24, 2.45) is 5.92 Å². The number of carbonyl (C=O) groups excluding carboxylic acids is 2. The largest absolute Gasteiger partial charge is 0.481 e. The minimum Gasteiger partial charge on any atom is -0.481 e. The zero-order valence-corrected chi connectivity index (χ0v) is 17.1. The molecule has 144 valence electrons. The molecule has 0 atom stereocenters. The first-order valence-electron chi connectivity index (χ1n) is 8.83. The van der Waals surface area contributed by atoms with Crippen LogP contribution in [-0.4, -0.2) is 40.3 Å². The Bertz CT molecular complexity index is 788. The molecule has 0 aromatic heterocycles. The van der Waals surface area contributed by atoms with Gasteiger partial charge in [0.25, 0.3) is 11.1 Å². The van der Waals surface area contributed by atoms with Gasteiger partial charge in [0, 0.05) is 16.6 Å². The molecule has 1 N–H and O–H groups in total. The Morgan fingerprint density at radius 1 is 1.30 bits per heavy atom. The predicted octanol–water partition coefficient (Wildman–Crippen LogP) is 4.53. The van der Waals surface area contributed by atoms with Gasteiger partial charge in [0.1, 0.15) is 5.75 Å². The van der Waals surface area contributed by atoms with Crippen LogP contribution in [0, 0.1) is 5.92 Å². The summed E-state index contributed by atoms with van der Waals surface area (Å²) in [4.78, 5) is 37.5. The SMILES string of the molecule is O=C(O)COc1ccc(Br)cc1/C=C1/SC(=O)N(CC2CCCCC2)C1=O. The number of aliphatic carboxylic acids is 1. The fourth-order valence-corrected chi connectivity index (χ4v) is 4.55. The molecule has 0 bridgehead atoms. The summed E-state index contributed by atoms with van der Waals surface area (Å²) in [6.45, 7) is -0.00546. The van der Waals surface area contributed by atoms with E-state index >= 15 is 0 Å². The molecule has 1 saturated heterocycles. The predicted molar refractivity (Wildman–Crippen MR) is 107 cm³/mol. The van der Waals surface area contributed by atoms with Crippen LogP contribution in [0.3, 0.4) is 0 Å². The quantitative estimate of drug-likeness (QED) is 0.636. The van der Waals surface area contributed by atoms with Crippen LogP contribution in [0.15, 0.2) is 27.6 Å². The number of carboxylic acids is 1. The van der Waals surface area contributed by atoms with Gasteiger partial charge in [-0.1, -0.05) is 35.2 Å². The molecule has 1 aromatic rings. The maximum Gasteiger partial charge on any atom is 0.341 e. The maximum atomic E-state index is 12.7. The van der Waals surface area contributed by atoms with E-state index in [0.717, 1.165) is 41.9 Å². The van der Waals surface area contributed by atoms with E-state index in [1.807, 2.05) is 0 Å². The first-order chi connectivity index (χ1) is 12.9. The monoisotopic (exact) mass is 453 g/mol. The Hall–Kier alpha value is -1.80. The van der Waals surface area contributed by atoms with Gasteiger partial charge in [0.2, 0.25) is 0 Å². The van der Waals surface area contributed by atoms with Crippen molar-refractivity contribution in [2.45, 2.75) is 32.1 Å². The number of benzene rings is 1. The van der Waals surface area contributed by atoms with Crippen LogP contribution in [0.1, 0.15) is 37.7 Å². The lowest BCUT2D eigenvalue weighted by atomic mass is 9.89. The third-order valence-corrected chi connectivity index (χ3v) is 6.05. The van der Waals surface area contributed by atoms with Gasteiger partial charge in [-0.3, -0.25) is 14.5 Å². The van der Waals surface area contributed by atoms with Crippen LogP contribution >= 0.6 is 27.7 Å². The van der Waals surface area contributed by atoms with Gasteiger partial charge in [-0.25, -0.2) is 4.79 Å². The summed E-state index contributed by atoms with van der Waals surface area (Å²) in [5, 5.41) is 8.56. The molecule has 2 amide bonds. The summed E-state index contributed by atoms with van der Waals surface area (Å²) in [6.07, 6.45) is 7.23. The van der Waals surface area contributed by atoms with Gasteiger partial charge in [-0.15, -0.1) is 0 Å². The van der Waals surface area contributed by atoms with Crippen LogP contribution in [0.5, 0.6) is 5.75 Å². The van der Waals surface area contributed by atoms with E-state index in [9.17, 15) is 14.4 Å². The number of ether oxygens (including phenoxy) is 1. The number of amides is 2. The number of thioether (sulfide) groups is 1. The van der Waals surface area contributed by atoms with Gasteiger partial charge in [-0.2, -0.15) is 0 Å². The van der Waals surface area contributed by atoms with Crippen LogP contribution in [0.25, 0.3) is 6.08 Å². The zero-order valence-electron chi connectivity index (χ0n) is 14.7. The third-order valence-electron chi connectivity index (χ3n) is 4.65. The summed E-state index contributed by atoms with van der Waals surface area (Å²) in [5.74, 6) is -0.650. The highest BCUT2D eigenvalue weighted by Gasteiger charge is 2.36. The number of hydrogen-bond donors (Lipinski definition) is 1. The van der Waals surface area contributed by atoms with Gasteiger partial charge >= 0.3 is 5.97 Å². The van der Waals surface area contributed by atoms with E-state index in [-0.39, 0.29) is 11.1 Å². The van der Waals surface area contributed by atoms with Gasteiger partial charge in [0.15, 0.2) is 6.61 Å². The minimum atomic E-state index is -1.09. The summed E-state index contributed by atoms with van der Waals surface area (Å²) in [6, 6.07) is 5.08. The lowest BCUT2D eigenvalue weighted by molar-refractivity contribution is -0.139.